The summed E-state index contributed by atoms with van der Waals surface area (Å²) in [4.78, 5) is 4.77. The lowest BCUT2D eigenvalue weighted by molar-refractivity contribution is 0.173. The Morgan fingerprint density at radius 2 is 1.74 bits per heavy atom. The van der Waals surface area contributed by atoms with Gasteiger partial charge in [0.25, 0.3) is 0 Å². The highest BCUT2D eigenvalue weighted by Crippen LogP contribution is 2.48. The fraction of sp³-hybridized carbons (Fsp3) is 0.645. The van der Waals surface area contributed by atoms with E-state index in [1.165, 1.54) is 82.3 Å². The van der Waals surface area contributed by atoms with Crippen LogP contribution in [0.15, 0.2) is 36.5 Å². The van der Waals surface area contributed by atoms with E-state index >= 15 is 4.39 Å². The van der Waals surface area contributed by atoms with Crippen LogP contribution >= 0.6 is 0 Å². The SMILES string of the molecule is CCCCCC[C@H](C)Oc1ccc(-c2ccc(C3(C(CC)CCC)CCCCC3)cn2)c(F)c1. The molecule has 1 aromatic carbocycles. The lowest BCUT2D eigenvalue weighted by atomic mass is 9.60. The third-order valence-corrected chi connectivity index (χ3v) is 8.01. The van der Waals surface area contributed by atoms with Crippen LogP contribution in [0.3, 0.4) is 0 Å². The second-order valence-corrected chi connectivity index (χ2v) is 10.5. The number of rotatable bonds is 13. The smallest absolute Gasteiger partial charge is 0.136 e. The van der Waals surface area contributed by atoms with E-state index in [1.807, 2.05) is 24.4 Å². The zero-order valence-electron chi connectivity index (χ0n) is 22.0. The third-order valence-electron chi connectivity index (χ3n) is 8.01. The van der Waals surface area contributed by atoms with Gasteiger partial charge in [-0.2, -0.15) is 0 Å². The first kappa shape index (κ1) is 26.7. The first-order valence-corrected chi connectivity index (χ1v) is 14.0. The highest BCUT2D eigenvalue weighted by molar-refractivity contribution is 5.61. The molecule has 0 bridgehead atoms. The maximum Gasteiger partial charge on any atom is 0.136 e. The van der Waals surface area contributed by atoms with E-state index in [4.69, 9.17) is 9.72 Å². The molecule has 3 heteroatoms. The van der Waals surface area contributed by atoms with Gasteiger partial charge in [-0.1, -0.05) is 78.2 Å². The Morgan fingerprint density at radius 3 is 2.35 bits per heavy atom. The van der Waals surface area contributed by atoms with Crippen molar-refractivity contribution in [1.82, 2.24) is 4.98 Å². The number of unbranched alkanes of at least 4 members (excludes halogenated alkanes) is 3. The maximum atomic E-state index is 15.0. The zero-order valence-corrected chi connectivity index (χ0v) is 22.0. The molecule has 0 radical (unpaired) electrons. The van der Waals surface area contributed by atoms with Gasteiger partial charge in [0.05, 0.1) is 11.8 Å². The van der Waals surface area contributed by atoms with Crippen LogP contribution in [-0.4, -0.2) is 11.1 Å². The second-order valence-electron chi connectivity index (χ2n) is 10.5. The largest absolute Gasteiger partial charge is 0.491 e. The fourth-order valence-corrected chi connectivity index (χ4v) is 6.11. The molecule has 3 rings (SSSR count). The van der Waals surface area contributed by atoms with Crippen LogP contribution in [0.5, 0.6) is 5.75 Å². The highest BCUT2D eigenvalue weighted by Gasteiger charge is 2.40. The topological polar surface area (TPSA) is 22.1 Å². The summed E-state index contributed by atoms with van der Waals surface area (Å²) in [6.45, 7) is 8.92. The lowest BCUT2D eigenvalue weighted by Crippen LogP contribution is -2.37. The summed E-state index contributed by atoms with van der Waals surface area (Å²) in [6, 6.07) is 9.48. The molecule has 0 amide bonds. The zero-order chi connectivity index (χ0) is 24.4. The molecule has 0 spiro atoms. The third kappa shape index (κ3) is 6.61. The van der Waals surface area contributed by atoms with E-state index in [9.17, 15) is 0 Å². The highest BCUT2D eigenvalue weighted by atomic mass is 19.1. The van der Waals surface area contributed by atoms with Crippen LogP contribution < -0.4 is 4.74 Å². The molecule has 2 aromatic rings. The Hall–Kier alpha value is -1.90. The molecule has 1 saturated carbocycles. The summed E-state index contributed by atoms with van der Waals surface area (Å²) < 4.78 is 21.0. The number of benzene rings is 1. The molecule has 1 aromatic heterocycles. The van der Waals surface area contributed by atoms with Crippen molar-refractivity contribution < 1.29 is 9.13 Å². The van der Waals surface area contributed by atoms with Gasteiger partial charge >= 0.3 is 0 Å². The van der Waals surface area contributed by atoms with Crippen LogP contribution in [0.1, 0.15) is 117 Å². The first-order chi connectivity index (χ1) is 16.5. The Bertz CT molecular complexity index is 856. The number of aromatic nitrogens is 1. The normalized spacial score (nSPS) is 17.3. The van der Waals surface area contributed by atoms with Crippen LogP contribution in [0.4, 0.5) is 4.39 Å². The van der Waals surface area contributed by atoms with Gasteiger partial charge in [0.2, 0.25) is 0 Å². The average molecular weight is 468 g/mol. The van der Waals surface area contributed by atoms with E-state index in [0.29, 0.717) is 22.9 Å². The molecule has 1 heterocycles. The summed E-state index contributed by atoms with van der Waals surface area (Å²) in [7, 11) is 0. The fourth-order valence-electron chi connectivity index (χ4n) is 6.11. The van der Waals surface area contributed by atoms with Crippen molar-refractivity contribution in [2.75, 3.05) is 0 Å². The number of pyridine rings is 1. The van der Waals surface area contributed by atoms with E-state index in [0.717, 1.165) is 12.8 Å². The molecule has 1 aliphatic carbocycles. The van der Waals surface area contributed by atoms with Crippen molar-refractivity contribution in [3.05, 3.63) is 47.9 Å². The van der Waals surface area contributed by atoms with Gasteiger partial charge < -0.3 is 4.74 Å². The minimum atomic E-state index is -0.263. The van der Waals surface area contributed by atoms with E-state index in [1.54, 1.807) is 0 Å². The van der Waals surface area contributed by atoms with Gasteiger partial charge in [0.1, 0.15) is 11.6 Å². The number of ether oxygens (including phenoxy) is 1. The minimum absolute atomic E-state index is 0.0980. The van der Waals surface area contributed by atoms with E-state index in [-0.39, 0.29) is 17.3 Å². The van der Waals surface area contributed by atoms with Gasteiger partial charge in [-0.25, -0.2) is 4.39 Å². The summed E-state index contributed by atoms with van der Waals surface area (Å²) >= 11 is 0. The number of hydrogen-bond acceptors (Lipinski definition) is 2. The summed E-state index contributed by atoms with van der Waals surface area (Å²) in [5.74, 6) is 1.04. The molecular weight excluding hydrogens is 421 g/mol. The van der Waals surface area contributed by atoms with Crippen molar-refractivity contribution >= 4 is 0 Å². The minimum Gasteiger partial charge on any atom is -0.491 e. The molecule has 188 valence electrons. The number of halogens is 1. The molecule has 2 atom stereocenters. The van der Waals surface area contributed by atoms with Gasteiger partial charge in [-0.15, -0.1) is 0 Å². The van der Waals surface area contributed by atoms with Crippen molar-refractivity contribution in [1.29, 1.82) is 0 Å². The van der Waals surface area contributed by atoms with Crippen molar-refractivity contribution in [2.24, 2.45) is 5.92 Å². The van der Waals surface area contributed by atoms with Crippen LogP contribution in [0.2, 0.25) is 0 Å². The second kappa shape index (κ2) is 13.3. The predicted molar refractivity (Wildman–Crippen MR) is 142 cm³/mol. The lowest BCUT2D eigenvalue weighted by Gasteiger charge is -2.44. The maximum absolute atomic E-state index is 15.0. The molecule has 0 N–H and O–H groups in total. The Balaban J connectivity index is 1.73. The van der Waals surface area contributed by atoms with Gasteiger partial charge in [0.15, 0.2) is 0 Å². The summed E-state index contributed by atoms with van der Waals surface area (Å²) in [5, 5.41) is 0. The quantitative estimate of drug-likeness (QED) is 0.273. The Morgan fingerprint density at radius 1 is 0.941 bits per heavy atom. The molecular formula is C31H46FNO. The van der Waals surface area contributed by atoms with Gasteiger partial charge in [-0.3, -0.25) is 4.98 Å². The standard InChI is InChI=1S/C31H46FNO/c1-5-8-9-11-15-24(4)34-27-17-18-28(29(32)22-27)30-19-16-26(23-33-30)31(20-12-10-13-21-31)25(7-3)14-6-2/h16-19,22-25H,5-15,20-21H2,1-4H3/t24-,25?/m0/s1. The molecule has 0 aliphatic heterocycles. The average Bonchev–Trinajstić information content (AvgIpc) is 2.86. The Labute approximate surface area is 207 Å². The predicted octanol–water partition coefficient (Wildman–Crippen LogP) is 9.65. The van der Waals surface area contributed by atoms with Crippen LogP contribution in [-0.2, 0) is 5.41 Å². The van der Waals surface area contributed by atoms with E-state index < -0.39 is 0 Å². The molecule has 1 aliphatic rings. The van der Waals surface area contributed by atoms with Crippen molar-refractivity contribution in [3.63, 3.8) is 0 Å². The molecule has 0 saturated heterocycles. The van der Waals surface area contributed by atoms with Crippen molar-refractivity contribution in [3.8, 4) is 17.0 Å². The summed E-state index contributed by atoms with van der Waals surface area (Å²) in [6.07, 6.45) is 18.2. The van der Waals surface area contributed by atoms with Gasteiger partial charge in [-0.05, 0) is 74.1 Å². The molecule has 1 fully saturated rings. The van der Waals surface area contributed by atoms with Crippen molar-refractivity contribution in [2.45, 2.75) is 123 Å². The van der Waals surface area contributed by atoms with Crippen LogP contribution in [0, 0.1) is 11.7 Å². The molecule has 2 nitrogen and oxygen atoms in total. The van der Waals surface area contributed by atoms with E-state index in [2.05, 4.69) is 33.8 Å². The molecule has 34 heavy (non-hydrogen) atoms. The first-order valence-electron chi connectivity index (χ1n) is 14.0. The number of nitrogens with zero attached hydrogens (tertiary/aromatic N) is 1. The summed E-state index contributed by atoms with van der Waals surface area (Å²) in [5.41, 5.74) is 2.84. The molecule has 1 unspecified atom stereocenters. The van der Waals surface area contributed by atoms with Gasteiger partial charge in [0, 0.05) is 17.8 Å². The Kier molecular flexibility index (Phi) is 10.4. The monoisotopic (exact) mass is 467 g/mol. The van der Waals surface area contributed by atoms with Crippen LogP contribution in [0.25, 0.3) is 11.3 Å². The number of hydrogen-bond donors (Lipinski definition) is 0.